The van der Waals surface area contributed by atoms with Gasteiger partial charge < -0.3 is 38.9 Å². The Morgan fingerprint density at radius 2 is 1.72 bits per heavy atom. The summed E-state index contributed by atoms with van der Waals surface area (Å²) in [4.78, 5) is 34.2. The summed E-state index contributed by atoms with van der Waals surface area (Å²) in [7, 11) is 3.32. The summed E-state index contributed by atoms with van der Waals surface area (Å²) in [5, 5.41) is 26.6. The first kappa shape index (κ1) is 42.6. The van der Waals surface area contributed by atoms with E-state index in [0.717, 1.165) is 59.6 Å². The van der Waals surface area contributed by atoms with E-state index < -0.39 is 17.7 Å². The fraction of sp³-hybridized carbons (Fsp3) is 0.408. The molecule has 11 nitrogen and oxygen atoms in total. The number of amides is 1. The zero-order valence-electron chi connectivity index (χ0n) is 34.8. The summed E-state index contributed by atoms with van der Waals surface area (Å²) >= 11 is 0. The summed E-state index contributed by atoms with van der Waals surface area (Å²) in [5.74, 6) is -0.0281. The first-order valence-electron chi connectivity index (χ1n) is 21.1. The number of carbonyl (C=O) groups is 2. The molecule has 1 fully saturated rings. The molecule has 4 aromatic rings. The maximum Gasteiger partial charge on any atom is 0.254 e. The van der Waals surface area contributed by atoms with E-state index in [2.05, 4.69) is 12.7 Å². The summed E-state index contributed by atoms with van der Waals surface area (Å²) < 4.78 is 26.1. The molecule has 0 bridgehead atoms. The number of methoxy groups -OCH3 is 1. The van der Waals surface area contributed by atoms with Crippen molar-refractivity contribution in [2.45, 2.75) is 69.6 Å². The lowest BCUT2D eigenvalue weighted by atomic mass is 9.55. The number of benzene rings is 4. The second-order valence-corrected chi connectivity index (χ2v) is 15.8. The maximum atomic E-state index is 14.8. The zero-order valence-corrected chi connectivity index (χ0v) is 34.8. The average molecular weight is 817 g/mol. The number of fused-ring (bicyclic) bond motifs is 3. The van der Waals surface area contributed by atoms with E-state index in [9.17, 15) is 19.8 Å². The molecule has 7 rings (SSSR count). The molecule has 2 N–H and O–H groups in total. The molecule has 0 aromatic heterocycles. The molecule has 6 atom stereocenters. The Morgan fingerprint density at radius 3 is 2.45 bits per heavy atom. The van der Waals surface area contributed by atoms with Gasteiger partial charge in [-0.2, -0.15) is 0 Å². The quantitative estimate of drug-likeness (QED) is 0.0412. The Hall–Kier alpha value is -5.49. The van der Waals surface area contributed by atoms with Gasteiger partial charge in [0.1, 0.15) is 35.6 Å². The number of unbranched alkanes of at least 4 members (excludes halogenated alkanes) is 2. The topological polar surface area (TPSA) is 136 Å². The first-order chi connectivity index (χ1) is 29.3. The van der Waals surface area contributed by atoms with Crippen LogP contribution in [0.3, 0.4) is 0 Å². The fourth-order valence-corrected chi connectivity index (χ4v) is 9.61. The summed E-state index contributed by atoms with van der Waals surface area (Å²) in [5.41, 5.74) is 3.52. The second-order valence-electron chi connectivity index (χ2n) is 15.8. The van der Waals surface area contributed by atoms with Crippen molar-refractivity contribution in [3.05, 3.63) is 120 Å². The van der Waals surface area contributed by atoms with Gasteiger partial charge in [0.25, 0.3) is 5.91 Å². The molecule has 3 aliphatic rings. The molecule has 0 saturated heterocycles. The summed E-state index contributed by atoms with van der Waals surface area (Å²) in [6.45, 7) is 6.62. The van der Waals surface area contributed by atoms with Crippen molar-refractivity contribution in [1.29, 1.82) is 0 Å². The fourth-order valence-electron chi connectivity index (χ4n) is 9.61. The highest BCUT2D eigenvalue weighted by Gasteiger charge is 2.65. The van der Waals surface area contributed by atoms with Crippen molar-refractivity contribution in [1.82, 2.24) is 4.90 Å². The molecular weight excluding hydrogens is 761 g/mol. The summed E-state index contributed by atoms with van der Waals surface area (Å²) in [6.07, 6.45) is 9.63. The molecule has 0 radical (unpaired) electrons. The predicted octanol–water partition coefficient (Wildman–Crippen LogP) is 8.88. The number of ether oxygens (including phenoxy) is 4. The highest BCUT2D eigenvalue weighted by molar-refractivity contribution is 6.04. The van der Waals surface area contributed by atoms with Crippen molar-refractivity contribution in [3.63, 3.8) is 0 Å². The van der Waals surface area contributed by atoms with Crippen molar-refractivity contribution < 1.29 is 43.6 Å². The summed E-state index contributed by atoms with van der Waals surface area (Å²) in [6, 6.07) is 23.9. The molecule has 4 aromatic carbocycles. The van der Waals surface area contributed by atoms with Crippen molar-refractivity contribution in [2.24, 2.45) is 22.9 Å². The van der Waals surface area contributed by atoms with Gasteiger partial charge >= 0.3 is 0 Å². The number of hydrogen-bond acceptors (Lipinski definition) is 10. The van der Waals surface area contributed by atoms with Crippen LogP contribution in [0.25, 0.3) is 10.8 Å². The van der Waals surface area contributed by atoms with Gasteiger partial charge in [-0.15, -0.1) is 6.58 Å². The Kier molecular flexibility index (Phi) is 13.7. The number of aliphatic hydroxyl groups is 2. The lowest BCUT2D eigenvalue weighted by molar-refractivity contribution is -0.252. The first-order valence-corrected chi connectivity index (χ1v) is 21.1. The minimum absolute atomic E-state index is 0.0461. The third-order valence-electron chi connectivity index (χ3n) is 12.3. The van der Waals surface area contributed by atoms with Gasteiger partial charge in [-0.3, -0.25) is 9.59 Å². The van der Waals surface area contributed by atoms with Crippen molar-refractivity contribution in [3.8, 4) is 23.0 Å². The van der Waals surface area contributed by atoms with Crippen LogP contribution in [0.15, 0.2) is 108 Å². The molecule has 1 aliphatic heterocycles. The lowest BCUT2D eigenvalue weighted by Gasteiger charge is -2.59. The van der Waals surface area contributed by atoms with E-state index in [1.54, 1.807) is 36.2 Å². The molecule has 11 heteroatoms. The number of likely N-dealkylation sites (N-methyl/N-ethyl adjacent to an activating group) is 1. The van der Waals surface area contributed by atoms with E-state index in [1.165, 1.54) is 7.11 Å². The number of nitrogens with zero attached hydrogens (tertiary/aromatic N) is 2. The molecule has 60 heavy (non-hydrogen) atoms. The van der Waals surface area contributed by atoms with Gasteiger partial charge in [-0.25, -0.2) is 0 Å². The van der Waals surface area contributed by atoms with E-state index in [1.807, 2.05) is 67.6 Å². The monoisotopic (exact) mass is 816 g/mol. The number of aliphatic hydroxyl groups excluding tert-OH is 2. The van der Waals surface area contributed by atoms with Gasteiger partial charge in [0, 0.05) is 43.7 Å². The predicted molar refractivity (Wildman–Crippen MR) is 231 cm³/mol. The third-order valence-corrected chi connectivity index (χ3v) is 12.3. The van der Waals surface area contributed by atoms with Crippen LogP contribution in [0.5, 0.6) is 23.0 Å². The highest BCUT2D eigenvalue weighted by Crippen LogP contribution is 2.62. The largest absolute Gasteiger partial charge is 0.496 e. The van der Waals surface area contributed by atoms with Gasteiger partial charge in [0.2, 0.25) is 5.79 Å². The Balaban J connectivity index is 1.41. The molecule has 2 aliphatic carbocycles. The molecule has 1 heterocycles. The smallest absolute Gasteiger partial charge is 0.254 e. The van der Waals surface area contributed by atoms with Crippen LogP contribution in [0, 0.1) is 17.8 Å². The second kappa shape index (κ2) is 19.3. The van der Waals surface area contributed by atoms with Gasteiger partial charge in [0.15, 0.2) is 6.29 Å². The number of allylic oxidation sites excluding steroid dienone is 1. The van der Waals surface area contributed by atoms with Gasteiger partial charge in [-0.05, 0) is 109 Å². The Bertz CT molecular complexity index is 2240. The molecular formula is C49H56N2O9. The average Bonchev–Trinajstić information content (AvgIpc) is 3.28. The van der Waals surface area contributed by atoms with Crippen molar-refractivity contribution >= 4 is 28.7 Å². The Labute approximate surface area is 352 Å². The zero-order chi connectivity index (χ0) is 42.2. The highest BCUT2D eigenvalue weighted by atomic mass is 16.7. The maximum absolute atomic E-state index is 14.8. The van der Waals surface area contributed by atoms with Gasteiger partial charge in [-0.1, -0.05) is 60.5 Å². The van der Waals surface area contributed by atoms with E-state index in [-0.39, 0.29) is 43.5 Å². The number of aldehydes is 1. The van der Waals surface area contributed by atoms with Crippen LogP contribution in [-0.4, -0.2) is 85.4 Å². The number of oxime groups is 1. The van der Waals surface area contributed by atoms with Crippen LogP contribution >= 0.6 is 0 Å². The SMILES string of the molecule is C=CCO[C@@]12Oc3ccc(Oc4ccc(OC)c(C=O)c4)cc3[C@H]3[C@H](CCCCO)[C@@H](CCCCO)C=C(C(=NOCC)C[C@@H]1N(C)C(=O)c1ccc4ccccc4c1)[C@H]32. The molecule has 316 valence electrons. The number of carbonyl (C=O) groups excluding carboxylic acids is 2. The number of rotatable bonds is 19. The van der Waals surface area contributed by atoms with E-state index in [4.69, 9.17) is 28.9 Å². The molecule has 0 unspecified atom stereocenters. The normalized spacial score (nSPS) is 23.4. The van der Waals surface area contributed by atoms with Crippen LogP contribution in [0.4, 0.5) is 0 Å². The molecule has 0 spiro atoms. The van der Waals surface area contributed by atoms with Crippen LogP contribution in [0.1, 0.15) is 84.1 Å². The number of hydrogen-bond donors (Lipinski definition) is 2. The van der Waals surface area contributed by atoms with E-state index >= 15 is 0 Å². The van der Waals surface area contributed by atoms with Crippen LogP contribution < -0.4 is 14.2 Å². The van der Waals surface area contributed by atoms with Crippen LogP contribution in [0.2, 0.25) is 0 Å². The minimum Gasteiger partial charge on any atom is -0.496 e. The Morgan fingerprint density at radius 1 is 0.967 bits per heavy atom. The van der Waals surface area contributed by atoms with E-state index in [0.29, 0.717) is 60.0 Å². The lowest BCUT2D eigenvalue weighted by Crippen LogP contribution is -2.69. The molecule has 1 amide bonds. The van der Waals surface area contributed by atoms with Crippen LogP contribution in [-0.2, 0) is 9.57 Å². The third kappa shape index (κ3) is 8.44. The minimum atomic E-state index is -1.38. The molecule has 1 saturated carbocycles. The van der Waals surface area contributed by atoms with Crippen molar-refractivity contribution in [2.75, 3.05) is 40.6 Å². The van der Waals surface area contributed by atoms with Gasteiger partial charge in [0.05, 0.1) is 30.9 Å². The standard InChI is InChI=1S/C49H56N2O9/c1-5-25-57-49-45(51(3)48(55)35-18-17-32-13-7-8-14-33(32)26-35)30-42(50-58-6-2)40-28-34(15-9-11-23-52)39(16-10-12-24-53)46(47(40)49)41-29-38(20-22-44(41)60-49)59-37-19-21-43(56-4)36(27-37)31-54/h5,7-8,13-14,17-22,26-29,31,34,39,45-47,52-53H,1,6,9-12,15-16,23-25,30H2,2-4H3/t34-,39+,45-,46+,47+,49+/m0/s1.